The second-order valence-corrected chi connectivity index (χ2v) is 7.26. The van der Waals surface area contributed by atoms with Crippen LogP contribution in [0.15, 0.2) is 48.5 Å². The predicted octanol–water partition coefficient (Wildman–Crippen LogP) is 4.60. The van der Waals surface area contributed by atoms with Crippen molar-refractivity contribution in [2.45, 2.75) is 25.5 Å². The summed E-state index contributed by atoms with van der Waals surface area (Å²) in [6.45, 7) is 3.85. The topological polar surface area (TPSA) is 58.2 Å². The Balaban J connectivity index is 1.80. The zero-order valence-corrected chi connectivity index (χ0v) is 15.8. The fourth-order valence-electron chi connectivity index (χ4n) is 2.09. The van der Waals surface area contributed by atoms with Gasteiger partial charge < -0.3 is 10.6 Å². The van der Waals surface area contributed by atoms with Crippen molar-refractivity contribution in [3.8, 4) is 0 Å². The van der Waals surface area contributed by atoms with E-state index in [4.69, 9.17) is 11.6 Å². The van der Waals surface area contributed by atoms with E-state index in [2.05, 4.69) is 17.6 Å². The lowest BCUT2D eigenvalue weighted by atomic mass is 10.1. The first-order valence-corrected chi connectivity index (χ1v) is 9.48. The number of benzene rings is 2. The van der Waals surface area contributed by atoms with E-state index in [0.717, 1.165) is 12.1 Å². The number of anilines is 2. The average Bonchev–Trinajstić information content (AvgIpc) is 2.62. The molecule has 0 heterocycles. The molecule has 4 nitrogen and oxygen atoms in total. The van der Waals surface area contributed by atoms with Gasteiger partial charge in [0.2, 0.25) is 11.8 Å². The van der Waals surface area contributed by atoms with Crippen molar-refractivity contribution in [1.29, 1.82) is 0 Å². The summed E-state index contributed by atoms with van der Waals surface area (Å²) in [5.41, 5.74) is 2.55. The van der Waals surface area contributed by atoms with Crippen molar-refractivity contribution in [2.24, 2.45) is 0 Å². The first-order chi connectivity index (χ1) is 12.0. The molecular weight excluding hydrogens is 356 g/mol. The number of para-hydroxylation sites is 1. The van der Waals surface area contributed by atoms with Crippen LogP contribution in [-0.2, 0) is 16.0 Å². The third-order valence-corrected chi connectivity index (χ3v) is 5.08. The zero-order valence-electron chi connectivity index (χ0n) is 14.2. The Labute approximate surface area is 157 Å². The maximum absolute atomic E-state index is 12.2. The Hall–Kier alpha value is -1.98. The first-order valence-electron chi connectivity index (χ1n) is 8.05. The third-order valence-electron chi connectivity index (χ3n) is 3.61. The molecule has 2 rings (SSSR count). The van der Waals surface area contributed by atoms with Gasteiger partial charge in [-0.3, -0.25) is 9.59 Å². The van der Waals surface area contributed by atoms with Gasteiger partial charge in [0, 0.05) is 5.69 Å². The van der Waals surface area contributed by atoms with Gasteiger partial charge in [0.15, 0.2) is 0 Å². The number of hydrogen-bond donors (Lipinski definition) is 2. The number of rotatable bonds is 7. The van der Waals surface area contributed by atoms with E-state index in [0.29, 0.717) is 10.7 Å². The van der Waals surface area contributed by atoms with Crippen LogP contribution >= 0.6 is 23.4 Å². The average molecular weight is 377 g/mol. The molecule has 2 aromatic carbocycles. The van der Waals surface area contributed by atoms with E-state index in [1.807, 2.05) is 24.3 Å². The normalized spacial score (nSPS) is 11.6. The molecule has 6 heteroatoms. The van der Waals surface area contributed by atoms with Gasteiger partial charge in [0.25, 0.3) is 0 Å². The molecule has 25 heavy (non-hydrogen) atoms. The van der Waals surface area contributed by atoms with E-state index >= 15 is 0 Å². The van der Waals surface area contributed by atoms with Crippen molar-refractivity contribution in [3.63, 3.8) is 0 Å². The SMILES string of the molecule is CCc1ccc(NC(=O)CSC(C)C(=O)Nc2ccccc2Cl)cc1. The van der Waals surface area contributed by atoms with Crippen LogP contribution in [0.4, 0.5) is 11.4 Å². The number of carbonyl (C=O) groups excluding carboxylic acids is 2. The van der Waals surface area contributed by atoms with E-state index in [9.17, 15) is 9.59 Å². The monoisotopic (exact) mass is 376 g/mol. The quantitative estimate of drug-likeness (QED) is 0.742. The predicted molar refractivity (Wildman–Crippen MR) is 106 cm³/mol. The maximum atomic E-state index is 12.2. The standard InChI is InChI=1S/C19H21ClN2O2S/c1-3-14-8-10-15(11-9-14)21-18(23)12-25-13(2)19(24)22-17-7-5-4-6-16(17)20/h4-11,13H,3,12H2,1-2H3,(H,21,23)(H,22,24). The largest absolute Gasteiger partial charge is 0.325 e. The molecule has 0 bridgehead atoms. The number of amides is 2. The van der Waals surface area contributed by atoms with Crippen LogP contribution < -0.4 is 10.6 Å². The zero-order chi connectivity index (χ0) is 18.2. The van der Waals surface area contributed by atoms with Crippen LogP contribution in [0.25, 0.3) is 0 Å². The van der Waals surface area contributed by atoms with Gasteiger partial charge in [-0.15, -0.1) is 11.8 Å². The van der Waals surface area contributed by atoms with E-state index < -0.39 is 0 Å². The molecule has 0 saturated carbocycles. The van der Waals surface area contributed by atoms with Gasteiger partial charge >= 0.3 is 0 Å². The number of aryl methyl sites for hydroxylation is 1. The highest BCUT2D eigenvalue weighted by atomic mass is 35.5. The van der Waals surface area contributed by atoms with Crippen molar-refractivity contribution in [2.75, 3.05) is 16.4 Å². The molecule has 0 aromatic heterocycles. The molecule has 132 valence electrons. The van der Waals surface area contributed by atoms with Crippen molar-refractivity contribution in [3.05, 3.63) is 59.1 Å². The smallest absolute Gasteiger partial charge is 0.237 e. The van der Waals surface area contributed by atoms with Gasteiger partial charge in [-0.25, -0.2) is 0 Å². The first kappa shape index (κ1) is 19.3. The molecule has 2 amide bonds. The number of halogens is 1. The molecule has 0 spiro atoms. The lowest BCUT2D eigenvalue weighted by Gasteiger charge is -2.13. The van der Waals surface area contributed by atoms with Gasteiger partial charge in [0.1, 0.15) is 0 Å². The molecule has 2 N–H and O–H groups in total. The Morgan fingerprint density at radius 2 is 1.76 bits per heavy atom. The minimum atomic E-state index is -0.371. The number of carbonyl (C=O) groups is 2. The Morgan fingerprint density at radius 1 is 1.08 bits per heavy atom. The maximum Gasteiger partial charge on any atom is 0.237 e. The molecule has 0 aliphatic heterocycles. The number of hydrogen-bond acceptors (Lipinski definition) is 3. The molecule has 1 unspecified atom stereocenters. The Kier molecular flexibility index (Phi) is 7.34. The summed E-state index contributed by atoms with van der Waals surface area (Å²) in [7, 11) is 0. The second kappa shape index (κ2) is 9.49. The summed E-state index contributed by atoms with van der Waals surface area (Å²) in [6.07, 6.45) is 0.960. The highest BCUT2D eigenvalue weighted by molar-refractivity contribution is 8.01. The van der Waals surface area contributed by atoms with Gasteiger partial charge in [0.05, 0.1) is 21.7 Å². The minimum Gasteiger partial charge on any atom is -0.325 e. The van der Waals surface area contributed by atoms with Gasteiger partial charge in [-0.2, -0.15) is 0 Å². The van der Waals surface area contributed by atoms with E-state index in [1.54, 1.807) is 31.2 Å². The summed E-state index contributed by atoms with van der Waals surface area (Å²) in [4.78, 5) is 24.2. The van der Waals surface area contributed by atoms with Crippen molar-refractivity contribution >= 4 is 46.6 Å². The van der Waals surface area contributed by atoms with Crippen molar-refractivity contribution < 1.29 is 9.59 Å². The Bertz CT molecular complexity index is 734. The molecule has 0 saturated heterocycles. The number of nitrogens with one attached hydrogen (secondary N) is 2. The van der Waals surface area contributed by atoms with Crippen LogP contribution in [0, 0.1) is 0 Å². The summed E-state index contributed by atoms with van der Waals surface area (Å²) in [6, 6.07) is 14.8. The van der Waals surface area contributed by atoms with Crippen LogP contribution in [0.1, 0.15) is 19.4 Å². The van der Waals surface area contributed by atoms with Gasteiger partial charge in [-0.05, 0) is 43.2 Å². The summed E-state index contributed by atoms with van der Waals surface area (Å²) < 4.78 is 0. The number of thioether (sulfide) groups is 1. The summed E-state index contributed by atoms with van der Waals surface area (Å²) in [5.74, 6) is -0.114. The highest BCUT2D eigenvalue weighted by Gasteiger charge is 2.16. The third kappa shape index (κ3) is 6.11. The molecule has 0 radical (unpaired) electrons. The van der Waals surface area contributed by atoms with Crippen LogP contribution in [0.3, 0.4) is 0 Å². The molecule has 1 atom stereocenters. The van der Waals surface area contributed by atoms with Crippen LogP contribution in [0.5, 0.6) is 0 Å². The van der Waals surface area contributed by atoms with Crippen LogP contribution in [-0.4, -0.2) is 22.8 Å². The van der Waals surface area contributed by atoms with Crippen molar-refractivity contribution in [1.82, 2.24) is 0 Å². The van der Waals surface area contributed by atoms with Gasteiger partial charge in [-0.1, -0.05) is 42.8 Å². The van der Waals surface area contributed by atoms with E-state index in [-0.39, 0.29) is 22.8 Å². The lowest BCUT2D eigenvalue weighted by Crippen LogP contribution is -2.25. The molecule has 2 aromatic rings. The summed E-state index contributed by atoms with van der Waals surface area (Å²) in [5, 5.41) is 5.72. The second-order valence-electron chi connectivity index (χ2n) is 5.52. The molecule has 0 aliphatic carbocycles. The molecule has 0 fully saturated rings. The summed E-state index contributed by atoms with van der Waals surface area (Å²) >= 11 is 7.30. The molecular formula is C19H21ClN2O2S. The fourth-order valence-corrected chi connectivity index (χ4v) is 2.96. The van der Waals surface area contributed by atoms with E-state index in [1.165, 1.54) is 17.3 Å². The fraction of sp³-hybridized carbons (Fsp3) is 0.263. The lowest BCUT2D eigenvalue weighted by molar-refractivity contribution is -0.115. The highest BCUT2D eigenvalue weighted by Crippen LogP contribution is 2.22. The molecule has 0 aliphatic rings. The Morgan fingerprint density at radius 3 is 2.40 bits per heavy atom. The minimum absolute atomic E-state index is 0.133. The van der Waals surface area contributed by atoms with Crippen LogP contribution in [0.2, 0.25) is 5.02 Å².